The van der Waals surface area contributed by atoms with Crippen LogP contribution in [0.4, 0.5) is 4.79 Å². The van der Waals surface area contributed by atoms with Gasteiger partial charge in [0.15, 0.2) is 0 Å². The number of nitrogens with one attached hydrogen (secondary N) is 1. The second-order valence-electron chi connectivity index (χ2n) is 6.54. The summed E-state index contributed by atoms with van der Waals surface area (Å²) in [5.74, 6) is -0.421. The first kappa shape index (κ1) is 17.8. The quantitative estimate of drug-likeness (QED) is 0.791. The summed E-state index contributed by atoms with van der Waals surface area (Å²) in [4.78, 5) is 25.4. The number of nitrogens with zero attached hydrogens (tertiary/aromatic N) is 1. The van der Waals surface area contributed by atoms with Crippen molar-refractivity contribution < 1.29 is 14.7 Å². The minimum Gasteiger partial charge on any atom is -0.481 e. The number of amides is 2. The fourth-order valence-electron chi connectivity index (χ4n) is 3.12. The topological polar surface area (TPSA) is 69.6 Å². The van der Waals surface area contributed by atoms with E-state index in [1.165, 1.54) is 0 Å². The Bertz CT molecular complexity index is 365. The van der Waals surface area contributed by atoms with Gasteiger partial charge in [0, 0.05) is 13.1 Å². The smallest absolute Gasteiger partial charge is 0.317 e. The second kappa shape index (κ2) is 7.66. The lowest BCUT2D eigenvalue weighted by atomic mass is 9.78. The van der Waals surface area contributed by atoms with Crippen LogP contribution in [-0.2, 0) is 4.79 Å². The monoisotopic (exact) mass is 298 g/mol. The Morgan fingerprint density at radius 3 is 2.29 bits per heavy atom. The number of carbonyl (C=O) groups excluding carboxylic acids is 1. The van der Waals surface area contributed by atoms with Crippen molar-refractivity contribution in [2.24, 2.45) is 5.92 Å². The lowest BCUT2D eigenvalue weighted by molar-refractivity contribution is -0.140. The molecule has 2 unspecified atom stereocenters. The molecule has 1 aliphatic rings. The Labute approximate surface area is 128 Å². The van der Waals surface area contributed by atoms with Crippen LogP contribution >= 0.6 is 0 Å². The van der Waals surface area contributed by atoms with Crippen molar-refractivity contribution in [2.75, 3.05) is 7.05 Å². The molecule has 0 spiro atoms. The maximum Gasteiger partial charge on any atom is 0.317 e. The summed E-state index contributed by atoms with van der Waals surface area (Å²) >= 11 is 0. The molecule has 0 radical (unpaired) electrons. The van der Waals surface area contributed by atoms with Crippen LogP contribution in [0.15, 0.2) is 0 Å². The van der Waals surface area contributed by atoms with Crippen LogP contribution in [0, 0.1) is 5.92 Å². The van der Waals surface area contributed by atoms with E-state index in [1.54, 1.807) is 11.9 Å². The minimum atomic E-state index is -0.827. The third kappa shape index (κ3) is 4.61. The zero-order valence-corrected chi connectivity index (χ0v) is 13.8. The summed E-state index contributed by atoms with van der Waals surface area (Å²) in [6, 6.07) is -0.0543. The van der Waals surface area contributed by atoms with E-state index in [-0.39, 0.29) is 18.5 Å². The first-order valence-electron chi connectivity index (χ1n) is 8.08. The Kier molecular flexibility index (Phi) is 6.49. The van der Waals surface area contributed by atoms with Crippen LogP contribution in [0.25, 0.3) is 0 Å². The van der Waals surface area contributed by atoms with Crippen LogP contribution in [0.1, 0.15) is 65.7 Å². The first-order valence-corrected chi connectivity index (χ1v) is 8.08. The molecule has 2 atom stereocenters. The first-order chi connectivity index (χ1) is 9.82. The van der Waals surface area contributed by atoms with Gasteiger partial charge in [0.25, 0.3) is 0 Å². The molecule has 2 N–H and O–H groups in total. The number of aliphatic carboxylic acids is 1. The molecule has 0 saturated heterocycles. The molecule has 122 valence electrons. The number of carbonyl (C=O) groups is 2. The van der Waals surface area contributed by atoms with E-state index in [1.807, 2.05) is 6.92 Å². The molecule has 5 heteroatoms. The molecule has 1 aliphatic carbocycles. The summed E-state index contributed by atoms with van der Waals surface area (Å²) in [5, 5.41) is 12.2. The third-order valence-corrected chi connectivity index (χ3v) is 5.13. The molecule has 2 amide bonds. The van der Waals surface area contributed by atoms with E-state index in [0.717, 1.165) is 38.5 Å². The number of carboxylic acids is 1. The van der Waals surface area contributed by atoms with Gasteiger partial charge in [-0.05, 0) is 25.7 Å². The molecule has 1 rings (SSSR count). The summed E-state index contributed by atoms with van der Waals surface area (Å²) in [7, 11) is 1.74. The number of rotatable bonds is 6. The zero-order chi connectivity index (χ0) is 16.0. The molecule has 0 aliphatic heterocycles. The lowest BCUT2D eigenvalue weighted by Gasteiger charge is -2.44. The summed E-state index contributed by atoms with van der Waals surface area (Å²) < 4.78 is 0. The van der Waals surface area contributed by atoms with Crippen LogP contribution in [0.3, 0.4) is 0 Å². The third-order valence-electron chi connectivity index (χ3n) is 5.13. The summed E-state index contributed by atoms with van der Waals surface area (Å²) in [6.07, 6.45) is 5.71. The van der Waals surface area contributed by atoms with Gasteiger partial charge >= 0.3 is 12.0 Å². The Balaban J connectivity index is 2.77. The molecule has 0 heterocycles. The molecule has 0 aromatic carbocycles. The number of urea groups is 1. The maximum absolute atomic E-state index is 12.5. The largest absolute Gasteiger partial charge is 0.481 e. The molecular formula is C16H30N2O3. The van der Waals surface area contributed by atoms with Crippen molar-refractivity contribution in [3.63, 3.8) is 0 Å². The van der Waals surface area contributed by atoms with Gasteiger partial charge in [-0.25, -0.2) is 4.79 Å². The van der Waals surface area contributed by atoms with E-state index in [4.69, 9.17) is 0 Å². The predicted molar refractivity (Wildman–Crippen MR) is 83.3 cm³/mol. The number of hydrogen-bond donors (Lipinski definition) is 2. The van der Waals surface area contributed by atoms with Gasteiger partial charge in [-0.15, -0.1) is 0 Å². The average Bonchev–Trinajstić information content (AvgIpc) is 2.45. The SMILES string of the molecule is CCC(C)C(C)NC(=O)N(C)C1(CC(=O)O)CCCCC1. The van der Waals surface area contributed by atoms with Gasteiger partial charge in [0.05, 0.1) is 12.0 Å². The van der Waals surface area contributed by atoms with E-state index in [0.29, 0.717) is 5.92 Å². The van der Waals surface area contributed by atoms with Crippen molar-refractivity contribution in [2.45, 2.75) is 77.3 Å². The van der Waals surface area contributed by atoms with Crippen LogP contribution in [0.5, 0.6) is 0 Å². The van der Waals surface area contributed by atoms with Crippen molar-refractivity contribution in [1.29, 1.82) is 0 Å². The fraction of sp³-hybridized carbons (Fsp3) is 0.875. The standard InChI is InChI=1S/C16H30N2O3/c1-5-12(2)13(3)17-15(21)18(4)16(11-14(19)20)9-7-6-8-10-16/h12-13H,5-11H2,1-4H3,(H,17,21)(H,19,20). The van der Waals surface area contributed by atoms with Crippen LogP contribution in [-0.4, -0.2) is 40.6 Å². The highest BCUT2D eigenvalue weighted by atomic mass is 16.4. The summed E-state index contributed by atoms with van der Waals surface area (Å²) in [6.45, 7) is 6.22. The Morgan fingerprint density at radius 2 is 1.81 bits per heavy atom. The van der Waals surface area contributed by atoms with Gasteiger partial charge in [-0.3, -0.25) is 4.79 Å². The molecule has 5 nitrogen and oxygen atoms in total. The molecule has 0 aromatic heterocycles. The lowest BCUT2D eigenvalue weighted by Crippen LogP contribution is -2.56. The second-order valence-corrected chi connectivity index (χ2v) is 6.54. The molecule has 0 bridgehead atoms. The zero-order valence-electron chi connectivity index (χ0n) is 13.8. The number of hydrogen-bond acceptors (Lipinski definition) is 2. The van der Waals surface area contributed by atoms with Gasteiger partial charge < -0.3 is 15.3 Å². The van der Waals surface area contributed by atoms with Crippen molar-refractivity contribution in [3.8, 4) is 0 Å². The maximum atomic E-state index is 12.5. The molecule has 21 heavy (non-hydrogen) atoms. The van der Waals surface area contributed by atoms with Crippen molar-refractivity contribution in [1.82, 2.24) is 10.2 Å². The Hall–Kier alpha value is -1.26. The van der Waals surface area contributed by atoms with Gasteiger partial charge in [-0.2, -0.15) is 0 Å². The van der Waals surface area contributed by atoms with Gasteiger partial charge in [0.1, 0.15) is 0 Å². The van der Waals surface area contributed by atoms with Gasteiger partial charge in [-0.1, -0.05) is 39.5 Å². The predicted octanol–water partition coefficient (Wildman–Crippen LogP) is 3.24. The normalized spacial score (nSPS) is 20.4. The molecular weight excluding hydrogens is 268 g/mol. The van der Waals surface area contributed by atoms with Gasteiger partial charge in [0.2, 0.25) is 0 Å². The van der Waals surface area contributed by atoms with E-state index < -0.39 is 11.5 Å². The number of carboxylic acid groups (broad SMARTS) is 1. The molecule has 1 fully saturated rings. The fourth-order valence-corrected chi connectivity index (χ4v) is 3.12. The van der Waals surface area contributed by atoms with Crippen LogP contribution in [0.2, 0.25) is 0 Å². The highest BCUT2D eigenvalue weighted by Crippen LogP contribution is 2.36. The summed E-state index contributed by atoms with van der Waals surface area (Å²) in [5.41, 5.74) is -0.524. The van der Waals surface area contributed by atoms with E-state index >= 15 is 0 Å². The van der Waals surface area contributed by atoms with E-state index in [2.05, 4.69) is 19.2 Å². The highest BCUT2D eigenvalue weighted by Gasteiger charge is 2.40. The highest BCUT2D eigenvalue weighted by molar-refractivity contribution is 5.77. The average molecular weight is 298 g/mol. The molecule has 0 aromatic rings. The minimum absolute atomic E-state index is 0.0363. The van der Waals surface area contributed by atoms with Crippen molar-refractivity contribution in [3.05, 3.63) is 0 Å². The Morgan fingerprint density at radius 1 is 1.24 bits per heavy atom. The van der Waals surface area contributed by atoms with E-state index in [9.17, 15) is 14.7 Å². The van der Waals surface area contributed by atoms with Crippen LogP contribution < -0.4 is 5.32 Å². The molecule has 1 saturated carbocycles. The van der Waals surface area contributed by atoms with Crippen molar-refractivity contribution >= 4 is 12.0 Å².